The Morgan fingerprint density at radius 3 is 2.68 bits per heavy atom. The van der Waals surface area contributed by atoms with Gasteiger partial charge in [0.1, 0.15) is 11.5 Å². The summed E-state index contributed by atoms with van der Waals surface area (Å²) in [4.78, 5) is 12.4. The second-order valence-corrected chi connectivity index (χ2v) is 8.99. The first kappa shape index (κ1) is 18.2. The highest BCUT2D eigenvalue weighted by Gasteiger charge is 2.26. The molecule has 1 N–H and O–H groups in total. The topological polar surface area (TPSA) is 72.5 Å². The van der Waals surface area contributed by atoms with Crippen LogP contribution < -0.4 is 10.1 Å². The number of carbonyl (C=O) groups excluding carboxylic acids is 1. The van der Waals surface area contributed by atoms with E-state index < -0.39 is 21.5 Å². The van der Waals surface area contributed by atoms with Crippen LogP contribution in [0.15, 0.2) is 51.8 Å². The smallest absolute Gasteiger partial charge is 0.236 e. The predicted octanol–water partition coefficient (Wildman–Crippen LogP) is 3.52. The van der Waals surface area contributed by atoms with Crippen molar-refractivity contribution in [3.05, 3.63) is 57.5 Å². The van der Waals surface area contributed by atoms with Crippen LogP contribution in [0.2, 0.25) is 5.02 Å². The monoisotopic (exact) mass is 443 g/mol. The number of hydrogen-bond acceptors (Lipinski definition) is 4. The Morgan fingerprint density at radius 1 is 1.24 bits per heavy atom. The average molecular weight is 445 g/mol. The SMILES string of the molecule is O=C(CS(=O)(=O)c1ccc(Cl)cc1)NC1CCOc2ccc(Br)cc21. The number of hydrogen-bond donors (Lipinski definition) is 1. The standard InChI is InChI=1S/C17H15BrClNO4S/c18-11-1-6-16-14(9-11)15(7-8-24-16)20-17(21)10-25(22,23)13-4-2-12(19)3-5-13/h1-6,9,15H,7-8,10H2,(H,20,21). The van der Waals surface area contributed by atoms with Gasteiger partial charge in [0, 0.05) is 21.5 Å². The fraction of sp³-hybridized carbons (Fsp3) is 0.235. The highest BCUT2D eigenvalue weighted by Crippen LogP contribution is 2.34. The molecule has 0 saturated heterocycles. The van der Waals surface area contributed by atoms with Gasteiger partial charge in [0.2, 0.25) is 5.91 Å². The van der Waals surface area contributed by atoms with Crippen LogP contribution >= 0.6 is 27.5 Å². The summed E-state index contributed by atoms with van der Waals surface area (Å²) in [5, 5.41) is 3.23. The third kappa shape index (κ3) is 4.34. The zero-order chi connectivity index (χ0) is 18.0. The van der Waals surface area contributed by atoms with Crippen molar-refractivity contribution >= 4 is 43.3 Å². The molecule has 1 aliphatic rings. The van der Waals surface area contributed by atoms with Gasteiger partial charge in [-0.3, -0.25) is 4.79 Å². The molecule has 2 aromatic carbocycles. The Labute approximate surface area is 159 Å². The van der Waals surface area contributed by atoms with Crippen LogP contribution in [0.1, 0.15) is 18.0 Å². The van der Waals surface area contributed by atoms with E-state index in [-0.39, 0.29) is 10.9 Å². The number of amides is 1. The normalized spacial score (nSPS) is 16.6. The lowest BCUT2D eigenvalue weighted by molar-refractivity contribution is -0.119. The van der Waals surface area contributed by atoms with Crippen LogP contribution in [-0.4, -0.2) is 26.7 Å². The zero-order valence-corrected chi connectivity index (χ0v) is 16.2. The third-order valence-corrected chi connectivity index (χ3v) is 6.22. The van der Waals surface area contributed by atoms with E-state index in [2.05, 4.69) is 21.2 Å². The predicted molar refractivity (Wildman–Crippen MR) is 98.6 cm³/mol. The van der Waals surface area contributed by atoms with Crippen LogP contribution in [-0.2, 0) is 14.6 Å². The molecule has 132 valence electrons. The molecule has 0 bridgehead atoms. The number of ether oxygens (including phenoxy) is 1. The van der Waals surface area contributed by atoms with E-state index in [4.69, 9.17) is 16.3 Å². The molecule has 2 aromatic rings. The summed E-state index contributed by atoms with van der Waals surface area (Å²) in [6, 6.07) is 11.0. The van der Waals surface area contributed by atoms with Gasteiger partial charge < -0.3 is 10.1 Å². The number of halogens is 2. The van der Waals surface area contributed by atoms with Gasteiger partial charge in [-0.25, -0.2) is 8.42 Å². The summed E-state index contributed by atoms with van der Waals surface area (Å²) in [5.74, 6) is -0.469. The van der Waals surface area contributed by atoms with Crippen LogP contribution in [0.25, 0.3) is 0 Å². The first-order valence-electron chi connectivity index (χ1n) is 7.55. The highest BCUT2D eigenvalue weighted by atomic mass is 79.9. The molecule has 5 nitrogen and oxygen atoms in total. The Bertz CT molecular complexity index is 899. The summed E-state index contributed by atoms with van der Waals surface area (Å²) in [5.41, 5.74) is 0.831. The molecule has 0 radical (unpaired) electrons. The Balaban J connectivity index is 1.73. The van der Waals surface area contributed by atoms with Crippen molar-refractivity contribution in [3.8, 4) is 5.75 Å². The molecule has 1 aliphatic heterocycles. The first-order valence-corrected chi connectivity index (χ1v) is 10.4. The van der Waals surface area contributed by atoms with E-state index in [1.807, 2.05) is 18.2 Å². The lowest BCUT2D eigenvalue weighted by Crippen LogP contribution is -2.36. The number of benzene rings is 2. The summed E-state index contributed by atoms with van der Waals surface area (Å²) >= 11 is 9.16. The zero-order valence-electron chi connectivity index (χ0n) is 13.0. The summed E-state index contributed by atoms with van der Waals surface area (Å²) < 4.78 is 31.2. The van der Waals surface area contributed by atoms with Crippen molar-refractivity contribution in [3.63, 3.8) is 0 Å². The second-order valence-electron chi connectivity index (χ2n) is 5.65. The second kappa shape index (κ2) is 7.35. The average Bonchev–Trinajstić information content (AvgIpc) is 2.55. The van der Waals surface area contributed by atoms with Gasteiger partial charge in [0.25, 0.3) is 0 Å². The molecule has 1 unspecified atom stereocenters. The Morgan fingerprint density at radius 2 is 1.96 bits per heavy atom. The van der Waals surface area contributed by atoms with E-state index in [9.17, 15) is 13.2 Å². The minimum absolute atomic E-state index is 0.0715. The van der Waals surface area contributed by atoms with Crippen LogP contribution in [0, 0.1) is 0 Å². The molecule has 0 spiro atoms. The van der Waals surface area contributed by atoms with E-state index in [0.717, 1.165) is 10.0 Å². The first-order chi connectivity index (χ1) is 11.8. The van der Waals surface area contributed by atoms with Crippen molar-refractivity contribution in [2.45, 2.75) is 17.4 Å². The highest BCUT2D eigenvalue weighted by molar-refractivity contribution is 9.10. The molecule has 1 amide bonds. The van der Waals surface area contributed by atoms with Gasteiger partial charge in [-0.1, -0.05) is 27.5 Å². The molecular weight excluding hydrogens is 430 g/mol. The summed E-state index contributed by atoms with van der Waals surface area (Å²) in [6.45, 7) is 0.462. The Hall–Kier alpha value is -1.57. The molecule has 3 rings (SSSR count). The van der Waals surface area contributed by atoms with Gasteiger partial charge in [0.15, 0.2) is 9.84 Å². The number of carbonyl (C=O) groups is 1. The molecule has 1 atom stereocenters. The van der Waals surface area contributed by atoms with Crippen molar-refractivity contribution in [2.24, 2.45) is 0 Å². The number of rotatable bonds is 4. The molecule has 25 heavy (non-hydrogen) atoms. The van der Waals surface area contributed by atoms with Gasteiger partial charge in [-0.15, -0.1) is 0 Å². The van der Waals surface area contributed by atoms with E-state index in [1.165, 1.54) is 24.3 Å². The molecule has 0 aromatic heterocycles. The van der Waals surface area contributed by atoms with Gasteiger partial charge in [0.05, 0.1) is 17.5 Å². The van der Waals surface area contributed by atoms with Gasteiger partial charge in [-0.2, -0.15) is 0 Å². The van der Waals surface area contributed by atoms with E-state index in [0.29, 0.717) is 23.8 Å². The molecule has 0 aliphatic carbocycles. The molecular formula is C17H15BrClNO4S. The Kier molecular flexibility index (Phi) is 5.36. The number of nitrogens with one attached hydrogen (secondary N) is 1. The molecule has 8 heteroatoms. The van der Waals surface area contributed by atoms with Crippen LogP contribution in [0.5, 0.6) is 5.75 Å². The molecule has 0 saturated carbocycles. The van der Waals surface area contributed by atoms with Crippen molar-refractivity contribution in [1.82, 2.24) is 5.32 Å². The minimum atomic E-state index is -3.72. The number of fused-ring (bicyclic) bond motifs is 1. The minimum Gasteiger partial charge on any atom is -0.493 e. The number of sulfone groups is 1. The molecule has 1 heterocycles. The maximum atomic E-state index is 12.4. The summed E-state index contributed by atoms with van der Waals surface area (Å²) in [6.07, 6.45) is 0.580. The van der Waals surface area contributed by atoms with Crippen LogP contribution in [0.3, 0.4) is 0 Å². The maximum Gasteiger partial charge on any atom is 0.236 e. The fourth-order valence-electron chi connectivity index (χ4n) is 2.65. The van der Waals surface area contributed by atoms with Crippen molar-refractivity contribution < 1.29 is 17.9 Å². The van der Waals surface area contributed by atoms with E-state index in [1.54, 1.807) is 0 Å². The lowest BCUT2D eigenvalue weighted by Gasteiger charge is -2.27. The summed E-state index contributed by atoms with van der Waals surface area (Å²) in [7, 11) is -3.72. The largest absolute Gasteiger partial charge is 0.493 e. The van der Waals surface area contributed by atoms with Crippen molar-refractivity contribution in [2.75, 3.05) is 12.4 Å². The van der Waals surface area contributed by atoms with Gasteiger partial charge >= 0.3 is 0 Å². The third-order valence-electron chi connectivity index (χ3n) is 3.84. The molecule has 0 fully saturated rings. The van der Waals surface area contributed by atoms with Crippen molar-refractivity contribution in [1.29, 1.82) is 0 Å². The quantitative estimate of drug-likeness (QED) is 0.783. The maximum absolute atomic E-state index is 12.4. The fourth-order valence-corrected chi connectivity index (χ4v) is 4.30. The van der Waals surface area contributed by atoms with Crippen LogP contribution in [0.4, 0.5) is 0 Å². The van der Waals surface area contributed by atoms with Gasteiger partial charge in [-0.05, 0) is 42.5 Å². The lowest BCUT2D eigenvalue weighted by atomic mass is 10.0. The van der Waals surface area contributed by atoms with E-state index >= 15 is 0 Å².